The highest BCUT2D eigenvalue weighted by molar-refractivity contribution is 5.93. The van der Waals surface area contributed by atoms with Crippen molar-refractivity contribution in [1.29, 1.82) is 0 Å². The van der Waals surface area contributed by atoms with E-state index in [4.69, 9.17) is 0 Å². The topological polar surface area (TPSA) is 58.4 Å². The third-order valence-electron chi connectivity index (χ3n) is 4.76. The van der Waals surface area contributed by atoms with Crippen LogP contribution in [0.25, 0.3) is 6.08 Å². The zero-order chi connectivity index (χ0) is 15.7. The number of nitrogens with zero attached hydrogens (tertiary/aromatic N) is 4. The van der Waals surface area contributed by atoms with Gasteiger partial charge < -0.3 is 9.80 Å². The predicted molar refractivity (Wildman–Crippen MR) is 82.7 cm³/mol. The molecular formula is C16H22N4O2. The lowest BCUT2D eigenvalue weighted by Crippen LogP contribution is -2.48. The highest BCUT2D eigenvalue weighted by Crippen LogP contribution is 2.39. The van der Waals surface area contributed by atoms with Gasteiger partial charge in [0.1, 0.15) is 0 Å². The second-order valence-electron chi connectivity index (χ2n) is 6.40. The summed E-state index contributed by atoms with van der Waals surface area (Å²) in [7, 11) is 3.70. The highest BCUT2D eigenvalue weighted by Gasteiger charge is 2.48. The average molecular weight is 302 g/mol. The Morgan fingerprint density at radius 3 is 2.86 bits per heavy atom. The van der Waals surface area contributed by atoms with E-state index < -0.39 is 0 Å². The van der Waals surface area contributed by atoms with Crippen molar-refractivity contribution in [3.63, 3.8) is 0 Å². The van der Waals surface area contributed by atoms with Crippen LogP contribution in [0.2, 0.25) is 0 Å². The largest absolute Gasteiger partial charge is 0.345 e. The van der Waals surface area contributed by atoms with Gasteiger partial charge in [-0.1, -0.05) is 0 Å². The highest BCUT2D eigenvalue weighted by atomic mass is 16.2. The molecule has 2 amide bonds. The number of carbonyl (C=O) groups is 2. The Balaban J connectivity index is 1.66. The molecule has 1 spiro atoms. The number of rotatable bonds is 2. The van der Waals surface area contributed by atoms with Crippen molar-refractivity contribution >= 4 is 17.9 Å². The molecule has 22 heavy (non-hydrogen) atoms. The molecule has 0 N–H and O–H groups in total. The van der Waals surface area contributed by atoms with Crippen molar-refractivity contribution in [2.75, 3.05) is 26.7 Å². The lowest BCUT2D eigenvalue weighted by molar-refractivity contribution is -0.144. The number of hydrogen-bond acceptors (Lipinski definition) is 3. The molecule has 2 fully saturated rings. The third-order valence-corrected chi connectivity index (χ3v) is 4.76. The maximum atomic E-state index is 12.5. The molecule has 118 valence electrons. The summed E-state index contributed by atoms with van der Waals surface area (Å²) in [6.07, 6.45) is 9.62. The second-order valence-corrected chi connectivity index (χ2v) is 6.40. The van der Waals surface area contributed by atoms with E-state index in [-0.39, 0.29) is 17.2 Å². The molecular weight excluding hydrogens is 280 g/mol. The van der Waals surface area contributed by atoms with E-state index >= 15 is 0 Å². The maximum absolute atomic E-state index is 12.5. The Kier molecular flexibility index (Phi) is 3.76. The van der Waals surface area contributed by atoms with E-state index in [2.05, 4.69) is 5.10 Å². The van der Waals surface area contributed by atoms with E-state index in [1.54, 1.807) is 27.9 Å². The van der Waals surface area contributed by atoms with Gasteiger partial charge in [0.25, 0.3) is 0 Å². The van der Waals surface area contributed by atoms with Gasteiger partial charge in [0.15, 0.2) is 0 Å². The van der Waals surface area contributed by atoms with Crippen LogP contribution in [-0.4, -0.2) is 58.1 Å². The van der Waals surface area contributed by atoms with E-state index in [0.717, 1.165) is 31.4 Å². The molecule has 1 atom stereocenters. The number of piperidine rings is 1. The molecule has 6 heteroatoms. The van der Waals surface area contributed by atoms with Crippen molar-refractivity contribution in [3.05, 3.63) is 24.0 Å². The van der Waals surface area contributed by atoms with Crippen LogP contribution < -0.4 is 0 Å². The molecule has 2 aliphatic heterocycles. The fraction of sp³-hybridized carbons (Fsp3) is 0.562. The van der Waals surface area contributed by atoms with Gasteiger partial charge in [0.05, 0.1) is 11.6 Å². The first-order chi connectivity index (χ1) is 10.5. The van der Waals surface area contributed by atoms with E-state index in [1.807, 2.05) is 25.2 Å². The summed E-state index contributed by atoms with van der Waals surface area (Å²) in [6.45, 7) is 2.04. The standard InChI is InChI=1S/C16H22N4O2/c1-18-8-3-6-16(15(18)22)7-9-20(12-16)14(21)5-4-13-10-17-19(2)11-13/h4-5,10-11H,3,6-9,12H2,1-2H3/b5-4+. The number of aromatic nitrogens is 2. The molecule has 1 aromatic rings. The number of hydrogen-bond donors (Lipinski definition) is 0. The van der Waals surface area contributed by atoms with Gasteiger partial charge in [-0.25, -0.2) is 0 Å². The van der Waals surface area contributed by atoms with Gasteiger partial charge >= 0.3 is 0 Å². The quantitative estimate of drug-likeness (QED) is 0.763. The SMILES string of the molecule is CN1CCCC2(CCN(C(=O)/C=C/c3cnn(C)c3)C2)C1=O. The Bertz CT molecular complexity index is 621. The summed E-state index contributed by atoms with van der Waals surface area (Å²) >= 11 is 0. The Labute approximate surface area is 130 Å². The van der Waals surface area contributed by atoms with Crippen LogP contribution in [0.3, 0.4) is 0 Å². The number of aryl methyl sites for hydroxylation is 1. The Morgan fingerprint density at radius 2 is 2.14 bits per heavy atom. The zero-order valence-corrected chi connectivity index (χ0v) is 13.2. The van der Waals surface area contributed by atoms with Crippen LogP contribution >= 0.6 is 0 Å². The van der Waals surface area contributed by atoms with Crippen molar-refractivity contribution in [2.45, 2.75) is 19.3 Å². The van der Waals surface area contributed by atoms with Crippen LogP contribution in [0, 0.1) is 5.41 Å². The molecule has 3 rings (SSSR count). The average Bonchev–Trinajstić information content (AvgIpc) is 3.10. The molecule has 1 unspecified atom stereocenters. The molecule has 0 aliphatic carbocycles. The maximum Gasteiger partial charge on any atom is 0.246 e. The summed E-state index contributed by atoms with van der Waals surface area (Å²) in [5.74, 6) is 0.173. The Hall–Kier alpha value is -2.11. The smallest absolute Gasteiger partial charge is 0.246 e. The molecule has 0 bridgehead atoms. The predicted octanol–water partition coefficient (Wildman–Crippen LogP) is 0.904. The van der Waals surface area contributed by atoms with Crippen molar-refractivity contribution in [2.24, 2.45) is 12.5 Å². The lowest BCUT2D eigenvalue weighted by Gasteiger charge is -2.37. The third kappa shape index (κ3) is 2.65. The van der Waals surface area contributed by atoms with Crippen molar-refractivity contribution in [1.82, 2.24) is 19.6 Å². The van der Waals surface area contributed by atoms with Gasteiger partial charge in [-0.2, -0.15) is 5.10 Å². The molecule has 6 nitrogen and oxygen atoms in total. The fourth-order valence-corrected chi connectivity index (χ4v) is 3.51. The monoisotopic (exact) mass is 302 g/mol. The molecule has 0 saturated carbocycles. The molecule has 3 heterocycles. The molecule has 0 radical (unpaired) electrons. The summed E-state index contributed by atoms with van der Waals surface area (Å²) in [5, 5.41) is 4.07. The van der Waals surface area contributed by atoms with Crippen LogP contribution in [-0.2, 0) is 16.6 Å². The van der Waals surface area contributed by atoms with Crippen LogP contribution in [0.15, 0.2) is 18.5 Å². The van der Waals surface area contributed by atoms with Gasteiger partial charge in [-0.15, -0.1) is 0 Å². The zero-order valence-electron chi connectivity index (χ0n) is 13.2. The first kappa shape index (κ1) is 14.8. The van der Waals surface area contributed by atoms with Gasteiger partial charge in [0.2, 0.25) is 11.8 Å². The first-order valence-corrected chi connectivity index (χ1v) is 7.71. The Morgan fingerprint density at radius 1 is 1.32 bits per heavy atom. The molecule has 2 saturated heterocycles. The second kappa shape index (κ2) is 5.59. The normalized spacial score (nSPS) is 25.6. The fourth-order valence-electron chi connectivity index (χ4n) is 3.51. The summed E-state index contributed by atoms with van der Waals surface area (Å²) < 4.78 is 1.70. The van der Waals surface area contributed by atoms with Crippen LogP contribution in [0.5, 0.6) is 0 Å². The minimum atomic E-state index is -0.342. The van der Waals surface area contributed by atoms with E-state index in [0.29, 0.717) is 13.1 Å². The van der Waals surface area contributed by atoms with E-state index in [1.165, 1.54) is 0 Å². The summed E-state index contributed by atoms with van der Waals surface area (Å²) in [5.41, 5.74) is 0.559. The molecule has 2 aliphatic rings. The van der Waals surface area contributed by atoms with E-state index in [9.17, 15) is 9.59 Å². The number of likely N-dealkylation sites (tertiary alicyclic amines) is 2. The van der Waals surface area contributed by atoms with Gasteiger partial charge in [-0.3, -0.25) is 14.3 Å². The van der Waals surface area contributed by atoms with Crippen molar-refractivity contribution < 1.29 is 9.59 Å². The van der Waals surface area contributed by atoms with Crippen molar-refractivity contribution in [3.8, 4) is 0 Å². The van der Waals surface area contributed by atoms with Gasteiger partial charge in [0, 0.05) is 51.6 Å². The minimum Gasteiger partial charge on any atom is -0.345 e. The first-order valence-electron chi connectivity index (χ1n) is 7.71. The summed E-state index contributed by atoms with van der Waals surface area (Å²) in [6, 6.07) is 0. The van der Waals surface area contributed by atoms with Gasteiger partial charge in [-0.05, 0) is 25.3 Å². The lowest BCUT2D eigenvalue weighted by atomic mass is 9.78. The van der Waals surface area contributed by atoms with Crippen LogP contribution in [0.4, 0.5) is 0 Å². The number of amides is 2. The minimum absolute atomic E-state index is 0.0262. The number of carbonyl (C=O) groups excluding carboxylic acids is 2. The molecule has 1 aromatic heterocycles. The van der Waals surface area contributed by atoms with Crippen LogP contribution in [0.1, 0.15) is 24.8 Å². The molecule has 0 aromatic carbocycles. The summed E-state index contributed by atoms with van der Waals surface area (Å²) in [4.78, 5) is 28.4.